The average molecular weight is 249 g/mol. The lowest BCUT2D eigenvalue weighted by atomic mass is 9.98. The van der Waals surface area contributed by atoms with E-state index in [0.717, 1.165) is 37.1 Å². The molecule has 0 aliphatic carbocycles. The average Bonchev–Trinajstić information content (AvgIpc) is 2.40. The van der Waals surface area contributed by atoms with Crippen molar-refractivity contribution in [3.05, 3.63) is 24.3 Å². The van der Waals surface area contributed by atoms with Crippen molar-refractivity contribution in [1.82, 2.24) is 0 Å². The molecule has 0 heterocycles. The molecule has 0 aliphatic heterocycles. The maximum absolute atomic E-state index is 12.1. The molecule has 0 radical (unpaired) electrons. The number of nitrogens with one attached hydrogen (secondary N) is 1. The van der Waals surface area contributed by atoms with Crippen LogP contribution in [-0.4, -0.2) is 13.0 Å². The van der Waals surface area contributed by atoms with E-state index in [9.17, 15) is 4.79 Å². The Balaban J connectivity index is 2.55. The number of methoxy groups -OCH3 is 1. The van der Waals surface area contributed by atoms with E-state index >= 15 is 0 Å². The molecule has 1 unspecified atom stereocenters. The van der Waals surface area contributed by atoms with Crippen molar-refractivity contribution in [2.45, 2.75) is 39.5 Å². The number of rotatable bonds is 7. The normalized spacial score (nSPS) is 11.9. The molecule has 0 aliphatic rings. The Kier molecular flexibility index (Phi) is 6.26. The Labute approximate surface area is 110 Å². The van der Waals surface area contributed by atoms with E-state index in [1.165, 1.54) is 0 Å². The Hall–Kier alpha value is -1.51. The summed E-state index contributed by atoms with van der Waals surface area (Å²) in [6, 6.07) is 7.43. The first-order valence-electron chi connectivity index (χ1n) is 6.66. The number of benzene rings is 1. The van der Waals surface area contributed by atoms with Gasteiger partial charge in [0.05, 0.1) is 7.11 Å². The number of unbranched alkanes of at least 4 members (excludes halogenated alkanes) is 1. The minimum Gasteiger partial charge on any atom is -0.497 e. The molecule has 100 valence electrons. The van der Waals surface area contributed by atoms with Crippen LogP contribution in [0.4, 0.5) is 5.69 Å². The molecule has 0 aromatic heterocycles. The van der Waals surface area contributed by atoms with Gasteiger partial charge in [-0.25, -0.2) is 0 Å². The zero-order chi connectivity index (χ0) is 13.4. The molecule has 3 nitrogen and oxygen atoms in total. The molecular weight excluding hydrogens is 226 g/mol. The number of carbonyl (C=O) groups is 1. The summed E-state index contributed by atoms with van der Waals surface area (Å²) < 4.78 is 5.08. The first kappa shape index (κ1) is 14.6. The Morgan fingerprint density at radius 1 is 1.28 bits per heavy atom. The molecule has 1 atom stereocenters. The van der Waals surface area contributed by atoms with Gasteiger partial charge in [-0.1, -0.05) is 26.7 Å². The van der Waals surface area contributed by atoms with Gasteiger partial charge in [-0.05, 0) is 37.1 Å². The van der Waals surface area contributed by atoms with Gasteiger partial charge in [0.15, 0.2) is 0 Å². The molecule has 1 N–H and O–H groups in total. The molecule has 0 fully saturated rings. The summed E-state index contributed by atoms with van der Waals surface area (Å²) >= 11 is 0. The quantitative estimate of drug-likeness (QED) is 0.797. The summed E-state index contributed by atoms with van der Waals surface area (Å²) in [5.74, 6) is 1.04. The fraction of sp³-hybridized carbons (Fsp3) is 0.533. The second-order valence-electron chi connectivity index (χ2n) is 4.47. The number of carbonyl (C=O) groups excluding carboxylic acids is 1. The zero-order valence-electron chi connectivity index (χ0n) is 11.5. The van der Waals surface area contributed by atoms with E-state index in [4.69, 9.17) is 4.74 Å². The lowest BCUT2D eigenvalue weighted by Crippen LogP contribution is -2.22. The van der Waals surface area contributed by atoms with Crippen molar-refractivity contribution in [1.29, 1.82) is 0 Å². The highest BCUT2D eigenvalue weighted by Crippen LogP contribution is 2.18. The van der Waals surface area contributed by atoms with Gasteiger partial charge in [-0.2, -0.15) is 0 Å². The number of amides is 1. The molecule has 1 rings (SSSR count). The van der Waals surface area contributed by atoms with Gasteiger partial charge < -0.3 is 10.1 Å². The van der Waals surface area contributed by atoms with Gasteiger partial charge in [0.25, 0.3) is 0 Å². The summed E-state index contributed by atoms with van der Waals surface area (Å²) in [5.41, 5.74) is 0.829. The monoisotopic (exact) mass is 249 g/mol. The van der Waals surface area contributed by atoms with Crippen molar-refractivity contribution >= 4 is 11.6 Å². The standard InChI is InChI=1S/C15H23NO2/c1-4-6-7-12(5-2)15(17)16-13-8-10-14(18-3)11-9-13/h8-12H,4-7H2,1-3H3,(H,16,17). The second kappa shape index (κ2) is 7.75. The minimum absolute atomic E-state index is 0.118. The lowest BCUT2D eigenvalue weighted by molar-refractivity contribution is -0.120. The van der Waals surface area contributed by atoms with E-state index in [0.29, 0.717) is 0 Å². The van der Waals surface area contributed by atoms with Crippen LogP contribution in [0.1, 0.15) is 39.5 Å². The predicted octanol–water partition coefficient (Wildman–Crippen LogP) is 3.85. The zero-order valence-corrected chi connectivity index (χ0v) is 11.5. The molecule has 3 heteroatoms. The summed E-state index contributed by atoms with van der Waals surface area (Å²) in [6.45, 7) is 4.21. The summed E-state index contributed by atoms with van der Waals surface area (Å²) in [6.07, 6.45) is 4.10. The van der Waals surface area contributed by atoms with E-state index in [1.54, 1.807) is 7.11 Å². The summed E-state index contributed by atoms with van der Waals surface area (Å²) in [4.78, 5) is 12.1. The molecular formula is C15H23NO2. The highest BCUT2D eigenvalue weighted by molar-refractivity contribution is 5.92. The molecule has 1 aromatic rings. The maximum Gasteiger partial charge on any atom is 0.227 e. The number of anilines is 1. The Bertz CT molecular complexity index is 359. The van der Waals surface area contributed by atoms with Crippen LogP contribution < -0.4 is 10.1 Å². The van der Waals surface area contributed by atoms with Gasteiger partial charge in [-0.3, -0.25) is 4.79 Å². The third-order valence-corrected chi connectivity index (χ3v) is 3.13. The third kappa shape index (κ3) is 4.40. The van der Waals surface area contributed by atoms with Gasteiger partial charge >= 0.3 is 0 Å². The Morgan fingerprint density at radius 3 is 2.44 bits per heavy atom. The fourth-order valence-electron chi connectivity index (χ4n) is 1.89. The number of hydrogen-bond acceptors (Lipinski definition) is 2. The first-order valence-corrected chi connectivity index (χ1v) is 6.66. The van der Waals surface area contributed by atoms with E-state index in [1.807, 2.05) is 24.3 Å². The van der Waals surface area contributed by atoms with Crippen molar-refractivity contribution in [3.63, 3.8) is 0 Å². The molecule has 0 saturated carbocycles. The van der Waals surface area contributed by atoms with Crippen LogP contribution in [0, 0.1) is 5.92 Å². The molecule has 1 amide bonds. The van der Waals surface area contributed by atoms with Crippen molar-refractivity contribution in [3.8, 4) is 5.75 Å². The van der Waals surface area contributed by atoms with Crippen LogP contribution in [0.3, 0.4) is 0 Å². The maximum atomic E-state index is 12.1. The highest BCUT2D eigenvalue weighted by Gasteiger charge is 2.15. The van der Waals surface area contributed by atoms with Crippen molar-refractivity contribution in [2.24, 2.45) is 5.92 Å². The Morgan fingerprint density at radius 2 is 1.94 bits per heavy atom. The van der Waals surface area contributed by atoms with Crippen LogP contribution in [0.2, 0.25) is 0 Å². The van der Waals surface area contributed by atoms with Crippen LogP contribution >= 0.6 is 0 Å². The predicted molar refractivity (Wildman–Crippen MR) is 74.9 cm³/mol. The first-order chi connectivity index (χ1) is 8.71. The highest BCUT2D eigenvalue weighted by atomic mass is 16.5. The minimum atomic E-state index is 0.118. The fourth-order valence-corrected chi connectivity index (χ4v) is 1.89. The van der Waals surface area contributed by atoms with Crippen molar-refractivity contribution < 1.29 is 9.53 Å². The molecule has 1 aromatic carbocycles. The van der Waals surface area contributed by atoms with Crippen molar-refractivity contribution in [2.75, 3.05) is 12.4 Å². The van der Waals surface area contributed by atoms with Gasteiger partial charge in [-0.15, -0.1) is 0 Å². The lowest BCUT2D eigenvalue weighted by Gasteiger charge is -2.14. The van der Waals surface area contributed by atoms with E-state index in [2.05, 4.69) is 19.2 Å². The van der Waals surface area contributed by atoms with E-state index in [-0.39, 0.29) is 11.8 Å². The largest absolute Gasteiger partial charge is 0.497 e. The van der Waals surface area contributed by atoms with E-state index < -0.39 is 0 Å². The SMILES string of the molecule is CCCCC(CC)C(=O)Nc1ccc(OC)cc1. The summed E-state index contributed by atoms with van der Waals surface area (Å²) in [7, 11) is 1.63. The van der Waals surface area contributed by atoms with Crippen LogP contribution in [0.25, 0.3) is 0 Å². The third-order valence-electron chi connectivity index (χ3n) is 3.13. The summed E-state index contributed by atoms with van der Waals surface area (Å²) in [5, 5.41) is 2.96. The molecule has 0 bridgehead atoms. The van der Waals surface area contributed by atoms with Crippen LogP contribution in [0.15, 0.2) is 24.3 Å². The topological polar surface area (TPSA) is 38.3 Å². The van der Waals surface area contributed by atoms with Crippen LogP contribution in [-0.2, 0) is 4.79 Å². The van der Waals surface area contributed by atoms with Gasteiger partial charge in [0.2, 0.25) is 5.91 Å². The number of hydrogen-bond donors (Lipinski definition) is 1. The smallest absolute Gasteiger partial charge is 0.227 e. The molecule has 18 heavy (non-hydrogen) atoms. The van der Waals surface area contributed by atoms with Gasteiger partial charge in [0.1, 0.15) is 5.75 Å². The second-order valence-corrected chi connectivity index (χ2v) is 4.47. The van der Waals surface area contributed by atoms with Crippen LogP contribution in [0.5, 0.6) is 5.75 Å². The molecule has 0 spiro atoms. The molecule has 0 saturated heterocycles. The number of ether oxygens (including phenoxy) is 1. The van der Waals surface area contributed by atoms with Gasteiger partial charge in [0, 0.05) is 11.6 Å².